The number of hydrogen-bond donors (Lipinski definition) is 0. The molecule has 0 saturated heterocycles. The first-order valence-electron chi connectivity index (χ1n) is 9.54. The normalized spacial score (nSPS) is 12.2. The van der Waals surface area contributed by atoms with E-state index in [-0.39, 0.29) is 5.56 Å². The van der Waals surface area contributed by atoms with E-state index in [2.05, 4.69) is 33.9 Å². The maximum Gasteiger partial charge on any atom is 0.263 e. The second-order valence-electron chi connectivity index (χ2n) is 6.76. The summed E-state index contributed by atoms with van der Waals surface area (Å²) >= 11 is 0. The lowest BCUT2D eigenvalue weighted by atomic mass is 10.2. The van der Waals surface area contributed by atoms with Gasteiger partial charge >= 0.3 is 0 Å². The van der Waals surface area contributed by atoms with Crippen LogP contribution < -0.4 is 5.56 Å². The van der Waals surface area contributed by atoms with Gasteiger partial charge in [-0.15, -0.1) is 0 Å². The van der Waals surface area contributed by atoms with Gasteiger partial charge in [0.25, 0.3) is 5.56 Å². The Hall–Kier alpha value is -2.74. The Balaban J connectivity index is 2.01. The van der Waals surface area contributed by atoms with Gasteiger partial charge in [-0.2, -0.15) is 10.2 Å². The molecular formula is C19H25N7O. The highest BCUT2D eigenvalue weighted by Crippen LogP contribution is 2.23. The van der Waals surface area contributed by atoms with Crippen LogP contribution in [0.5, 0.6) is 0 Å². The number of rotatable bonds is 6. The highest BCUT2D eigenvalue weighted by molar-refractivity contribution is 6.02. The summed E-state index contributed by atoms with van der Waals surface area (Å²) < 4.78 is 5.53. The van der Waals surface area contributed by atoms with Crippen LogP contribution in [0.3, 0.4) is 0 Å². The van der Waals surface area contributed by atoms with E-state index >= 15 is 0 Å². The second-order valence-corrected chi connectivity index (χ2v) is 6.76. The summed E-state index contributed by atoms with van der Waals surface area (Å²) in [7, 11) is 0. The van der Waals surface area contributed by atoms with Gasteiger partial charge in [-0.3, -0.25) is 9.36 Å². The first-order chi connectivity index (χ1) is 13.1. The molecule has 27 heavy (non-hydrogen) atoms. The van der Waals surface area contributed by atoms with Gasteiger partial charge in [0.2, 0.25) is 0 Å². The van der Waals surface area contributed by atoms with Crippen molar-refractivity contribution in [3.8, 4) is 0 Å². The Kier molecular flexibility index (Phi) is 4.43. The van der Waals surface area contributed by atoms with Crippen molar-refractivity contribution in [3.63, 3.8) is 0 Å². The van der Waals surface area contributed by atoms with Gasteiger partial charge in [0.15, 0.2) is 5.65 Å². The number of hydrogen-bond acceptors (Lipinski definition) is 5. The molecule has 0 fully saturated rings. The second kappa shape index (κ2) is 6.77. The lowest BCUT2D eigenvalue weighted by Gasteiger charge is -2.19. The quantitative estimate of drug-likeness (QED) is 0.522. The van der Waals surface area contributed by atoms with Gasteiger partial charge in [-0.1, -0.05) is 13.8 Å². The molecular weight excluding hydrogens is 342 g/mol. The third-order valence-corrected chi connectivity index (χ3v) is 5.25. The van der Waals surface area contributed by atoms with Crippen molar-refractivity contribution in [1.29, 1.82) is 0 Å². The molecule has 0 amide bonds. The summed E-state index contributed by atoms with van der Waals surface area (Å²) in [6.07, 6.45) is 3.45. The molecule has 0 unspecified atom stereocenters. The molecule has 0 aliphatic carbocycles. The van der Waals surface area contributed by atoms with Crippen LogP contribution in [0.1, 0.15) is 26.5 Å². The minimum absolute atomic E-state index is 0.0248. The molecule has 0 aliphatic heterocycles. The lowest BCUT2D eigenvalue weighted by Crippen LogP contribution is -2.32. The summed E-state index contributed by atoms with van der Waals surface area (Å²) in [5.74, 6) is 0. The number of nitrogens with zero attached hydrogens (tertiary/aromatic N) is 7. The van der Waals surface area contributed by atoms with E-state index < -0.39 is 0 Å². The number of aromatic nitrogens is 6. The van der Waals surface area contributed by atoms with Gasteiger partial charge in [0, 0.05) is 31.9 Å². The average Bonchev–Trinajstić information content (AvgIpc) is 3.27. The van der Waals surface area contributed by atoms with E-state index in [1.165, 1.54) is 0 Å². The third kappa shape index (κ3) is 2.71. The molecule has 4 heterocycles. The molecule has 8 heteroatoms. The van der Waals surface area contributed by atoms with Crippen LogP contribution in [0.2, 0.25) is 0 Å². The Morgan fingerprint density at radius 3 is 2.59 bits per heavy atom. The SMILES string of the molecule is CCN(CC)CCn1c(=O)c2cnc3c(cnn3CC)c2n2nc(C)cc12. The van der Waals surface area contributed by atoms with E-state index in [4.69, 9.17) is 0 Å². The number of fused-ring (bicyclic) bond motifs is 5. The zero-order chi connectivity index (χ0) is 19.1. The fraction of sp³-hybridized carbons (Fsp3) is 0.474. The number of likely N-dealkylation sites (N-methyl/N-ethyl adjacent to an activating group) is 1. The van der Waals surface area contributed by atoms with Gasteiger partial charge in [-0.25, -0.2) is 14.2 Å². The summed E-state index contributed by atoms with van der Waals surface area (Å²) in [5, 5.41) is 10.5. The van der Waals surface area contributed by atoms with E-state index in [1.54, 1.807) is 12.4 Å². The van der Waals surface area contributed by atoms with Crippen LogP contribution in [-0.2, 0) is 13.1 Å². The Morgan fingerprint density at radius 2 is 1.89 bits per heavy atom. The Morgan fingerprint density at radius 1 is 1.11 bits per heavy atom. The van der Waals surface area contributed by atoms with Crippen molar-refractivity contribution in [2.75, 3.05) is 19.6 Å². The first-order valence-corrected chi connectivity index (χ1v) is 9.54. The molecule has 0 atom stereocenters. The summed E-state index contributed by atoms with van der Waals surface area (Å²) in [5.41, 5.74) is 3.23. The molecule has 0 aromatic carbocycles. The highest BCUT2D eigenvalue weighted by atomic mass is 16.1. The summed E-state index contributed by atoms with van der Waals surface area (Å²) in [4.78, 5) is 20.1. The molecule has 4 rings (SSSR count). The average molecular weight is 367 g/mol. The van der Waals surface area contributed by atoms with Crippen LogP contribution in [0.15, 0.2) is 23.3 Å². The highest BCUT2D eigenvalue weighted by Gasteiger charge is 2.18. The predicted molar refractivity (Wildman–Crippen MR) is 106 cm³/mol. The number of pyridine rings is 1. The van der Waals surface area contributed by atoms with Gasteiger partial charge in [0.1, 0.15) is 5.65 Å². The monoisotopic (exact) mass is 367 g/mol. The summed E-state index contributed by atoms with van der Waals surface area (Å²) in [6.45, 7) is 12.3. The van der Waals surface area contributed by atoms with Crippen molar-refractivity contribution in [1.82, 2.24) is 33.8 Å². The first kappa shape index (κ1) is 17.7. The zero-order valence-electron chi connectivity index (χ0n) is 16.3. The largest absolute Gasteiger partial charge is 0.302 e. The molecule has 0 spiro atoms. The van der Waals surface area contributed by atoms with Crippen molar-refractivity contribution < 1.29 is 0 Å². The Labute approximate surface area is 157 Å². The van der Waals surface area contributed by atoms with Crippen molar-refractivity contribution >= 4 is 27.6 Å². The number of aryl methyl sites for hydroxylation is 2. The molecule has 8 nitrogen and oxygen atoms in total. The minimum atomic E-state index is -0.0248. The fourth-order valence-corrected chi connectivity index (χ4v) is 3.72. The topological polar surface area (TPSA) is 73.2 Å². The van der Waals surface area contributed by atoms with Crippen molar-refractivity contribution in [3.05, 3.63) is 34.5 Å². The van der Waals surface area contributed by atoms with E-state index in [9.17, 15) is 4.79 Å². The van der Waals surface area contributed by atoms with Crippen LogP contribution in [-0.4, -0.2) is 53.5 Å². The van der Waals surface area contributed by atoms with Crippen LogP contribution >= 0.6 is 0 Å². The molecule has 142 valence electrons. The molecule has 0 N–H and O–H groups in total. The molecule has 4 aromatic heterocycles. The molecule has 4 aromatic rings. The molecule has 0 saturated carbocycles. The fourth-order valence-electron chi connectivity index (χ4n) is 3.72. The van der Waals surface area contributed by atoms with Crippen LogP contribution in [0.25, 0.3) is 27.6 Å². The van der Waals surface area contributed by atoms with E-state index in [1.807, 2.05) is 33.7 Å². The molecule has 0 aliphatic rings. The van der Waals surface area contributed by atoms with Crippen molar-refractivity contribution in [2.45, 2.75) is 40.8 Å². The zero-order valence-corrected chi connectivity index (χ0v) is 16.3. The van der Waals surface area contributed by atoms with Gasteiger partial charge in [0.05, 0.1) is 28.2 Å². The van der Waals surface area contributed by atoms with E-state index in [0.29, 0.717) is 11.9 Å². The molecule has 0 radical (unpaired) electrons. The molecule has 0 bridgehead atoms. The van der Waals surface area contributed by atoms with Gasteiger partial charge in [-0.05, 0) is 26.9 Å². The minimum Gasteiger partial charge on any atom is -0.302 e. The smallest absolute Gasteiger partial charge is 0.263 e. The standard InChI is InChI=1S/C19H25N7O/c1-5-23(6-2)8-9-24-16-10-13(4)22-26(16)17-14-12-21-25(7-3)18(14)20-11-15(17)19(24)27/h10-12H,5-9H2,1-4H3. The summed E-state index contributed by atoms with van der Waals surface area (Å²) in [6, 6.07) is 1.97. The predicted octanol–water partition coefficient (Wildman–Crippen LogP) is 2.06. The maximum atomic E-state index is 13.3. The maximum absolute atomic E-state index is 13.3. The third-order valence-electron chi connectivity index (χ3n) is 5.25. The van der Waals surface area contributed by atoms with Gasteiger partial charge < -0.3 is 4.90 Å². The van der Waals surface area contributed by atoms with E-state index in [0.717, 1.165) is 54.1 Å². The van der Waals surface area contributed by atoms with Crippen molar-refractivity contribution in [2.24, 2.45) is 0 Å². The lowest BCUT2D eigenvalue weighted by molar-refractivity contribution is 0.290. The Bertz CT molecular complexity index is 1180. The van der Waals surface area contributed by atoms with Crippen LogP contribution in [0, 0.1) is 6.92 Å². The van der Waals surface area contributed by atoms with Crippen LogP contribution in [0.4, 0.5) is 0 Å².